The van der Waals surface area contributed by atoms with E-state index in [1.54, 1.807) is 0 Å². The molecule has 9 heavy (non-hydrogen) atoms. The van der Waals surface area contributed by atoms with Gasteiger partial charge < -0.3 is 5.73 Å². The second kappa shape index (κ2) is 2.43. The Bertz CT molecular complexity index is 164. The Kier molecular flexibility index (Phi) is 1.81. The van der Waals surface area contributed by atoms with E-state index in [9.17, 15) is 4.79 Å². The quantitative estimate of drug-likeness (QED) is 0.592. The summed E-state index contributed by atoms with van der Waals surface area (Å²) in [6, 6.07) is 0. The highest BCUT2D eigenvalue weighted by molar-refractivity contribution is 8.03. The van der Waals surface area contributed by atoms with E-state index in [1.807, 2.05) is 12.3 Å². The average molecular weight is 143 g/mol. The standard InChI is InChI=1S/C6H9NOS/c1-4-2-5(6(7)8)9-3-4/h3,5H,2H2,1H3,(H2,7,8). The van der Waals surface area contributed by atoms with Crippen LogP contribution in [-0.4, -0.2) is 11.2 Å². The van der Waals surface area contributed by atoms with Crippen molar-refractivity contribution in [2.45, 2.75) is 18.6 Å². The van der Waals surface area contributed by atoms with Gasteiger partial charge in [0.15, 0.2) is 0 Å². The molecule has 3 heteroatoms. The van der Waals surface area contributed by atoms with Gasteiger partial charge in [-0.15, -0.1) is 11.8 Å². The van der Waals surface area contributed by atoms with Gasteiger partial charge in [-0.3, -0.25) is 4.79 Å². The van der Waals surface area contributed by atoms with Crippen molar-refractivity contribution < 1.29 is 4.79 Å². The van der Waals surface area contributed by atoms with Crippen LogP contribution in [0.15, 0.2) is 11.0 Å². The molecule has 0 aromatic heterocycles. The van der Waals surface area contributed by atoms with Gasteiger partial charge in [0.1, 0.15) is 0 Å². The van der Waals surface area contributed by atoms with Crippen LogP contribution in [0.4, 0.5) is 0 Å². The van der Waals surface area contributed by atoms with Crippen LogP contribution in [0.2, 0.25) is 0 Å². The Hall–Kier alpha value is -0.440. The lowest BCUT2D eigenvalue weighted by Gasteiger charge is -2.00. The number of hydrogen-bond acceptors (Lipinski definition) is 2. The lowest BCUT2D eigenvalue weighted by Crippen LogP contribution is -2.23. The molecule has 0 aromatic carbocycles. The van der Waals surface area contributed by atoms with Crippen molar-refractivity contribution in [2.24, 2.45) is 5.73 Å². The van der Waals surface area contributed by atoms with Gasteiger partial charge in [0.2, 0.25) is 5.91 Å². The molecule has 0 radical (unpaired) electrons. The maximum Gasteiger partial charge on any atom is 0.231 e. The molecule has 1 atom stereocenters. The Morgan fingerprint density at radius 3 is 2.89 bits per heavy atom. The number of thioether (sulfide) groups is 1. The van der Waals surface area contributed by atoms with Crippen molar-refractivity contribution >= 4 is 17.7 Å². The molecule has 2 N–H and O–H groups in total. The predicted molar refractivity (Wildman–Crippen MR) is 38.9 cm³/mol. The zero-order chi connectivity index (χ0) is 6.85. The Morgan fingerprint density at radius 2 is 2.67 bits per heavy atom. The first-order chi connectivity index (χ1) is 4.20. The van der Waals surface area contributed by atoms with Crippen molar-refractivity contribution in [1.82, 2.24) is 0 Å². The van der Waals surface area contributed by atoms with Gasteiger partial charge in [-0.25, -0.2) is 0 Å². The van der Waals surface area contributed by atoms with E-state index >= 15 is 0 Å². The van der Waals surface area contributed by atoms with E-state index in [-0.39, 0.29) is 11.2 Å². The molecule has 0 spiro atoms. The van der Waals surface area contributed by atoms with E-state index in [2.05, 4.69) is 0 Å². The monoisotopic (exact) mass is 143 g/mol. The molecule has 1 amide bonds. The third-order valence-electron chi connectivity index (χ3n) is 1.26. The molecule has 0 bridgehead atoms. The number of primary amides is 1. The molecule has 0 saturated heterocycles. The first-order valence-corrected chi connectivity index (χ1v) is 3.75. The normalized spacial score (nSPS) is 25.9. The first-order valence-electron chi connectivity index (χ1n) is 2.80. The van der Waals surface area contributed by atoms with E-state index in [0.29, 0.717) is 0 Å². The molecule has 1 aliphatic rings. The number of allylic oxidation sites excluding steroid dienone is 1. The van der Waals surface area contributed by atoms with Gasteiger partial charge in [-0.05, 0) is 18.8 Å². The smallest absolute Gasteiger partial charge is 0.231 e. The van der Waals surface area contributed by atoms with Crippen molar-refractivity contribution in [3.05, 3.63) is 11.0 Å². The summed E-state index contributed by atoms with van der Waals surface area (Å²) in [5, 5.41) is 2.00. The highest BCUT2D eigenvalue weighted by Crippen LogP contribution is 2.28. The van der Waals surface area contributed by atoms with Crippen molar-refractivity contribution in [2.75, 3.05) is 0 Å². The molecular formula is C6H9NOS. The Labute approximate surface area is 58.5 Å². The van der Waals surface area contributed by atoms with Crippen LogP contribution in [0.25, 0.3) is 0 Å². The molecule has 1 rings (SSSR count). The molecule has 0 aliphatic carbocycles. The van der Waals surface area contributed by atoms with E-state index in [4.69, 9.17) is 5.73 Å². The predicted octanol–water partition coefficient (Wildman–Crippen LogP) is 0.881. The van der Waals surface area contributed by atoms with Crippen LogP contribution >= 0.6 is 11.8 Å². The highest BCUT2D eigenvalue weighted by Gasteiger charge is 2.19. The molecule has 1 unspecified atom stereocenters. The van der Waals surface area contributed by atoms with Crippen LogP contribution in [0, 0.1) is 0 Å². The average Bonchev–Trinajstić information content (AvgIpc) is 2.14. The number of carbonyl (C=O) groups is 1. The fraction of sp³-hybridized carbons (Fsp3) is 0.500. The van der Waals surface area contributed by atoms with Gasteiger partial charge >= 0.3 is 0 Å². The van der Waals surface area contributed by atoms with Gasteiger partial charge in [0.25, 0.3) is 0 Å². The number of hydrogen-bond donors (Lipinski definition) is 1. The van der Waals surface area contributed by atoms with E-state index in [1.165, 1.54) is 17.3 Å². The Morgan fingerprint density at radius 1 is 2.00 bits per heavy atom. The summed E-state index contributed by atoms with van der Waals surface area (Å²) in [7, 11) is 0. The van der Waals surface area contributed by atoms with Gasteiger partial charge in [-0.2, -0.15) is 0 Å². The molecule has 1 heterocycles. The van der Waals surface area contributed by atoms with Crippen LogP contribution < -0.4 is 5.73 Å². The van der Waals surface area contributed by atoms with Crippen LogP contribution in [0.1, 0.15) is 13.3 Å². The number of carbonyl (C=O) groups excluding carboxylic acids is 1. The molecule has 0 saturated carbocycles. The van der Waals surface area contributed by atoms with E-state index in [0.717, 1.165) is 6.42 Å². The molecule has 2 nitrogen and oxygen atoms in total. The topological polar surface area (TPSA) is 43.1 Å². The molecule has 0 fully saturated rings. The third kappa shape index (κ3) is 1.48. The highest BCUT2D eigenvalue weighted by atomic mass is 32.2. The molecule has 0 aromatic rings. The zero-order valence-corrected chi connectivity index (χ0v) is 6.07. The fourth-order valence-electron chi connectivity index (χ4n) is 0.755. The van der Waals surface area contributed by atoms with Gasteiger partial charge in [-0.1, -0.05) is 5.57 Å². The maximum absolute atomic E-state index is 10.5. The zero-order valence-electron chi connectivity index (χ0n) is 5.26. The maximum atomic E-state index is 10.5. The first kappa shape index (κ1) is 6.68. The Balaban J connectivity index is 2.47. The van der Waals surface area contributed by atoms with Crippen molar-refractivity contribution in [3.8, 4) is 0 Å². The van der Waals surface area contributed by atoms with E-state index < -0.39 is 0 Å². The molecular weight excluding hydrogens is 134 g/mol. The summed E-state index contributed by atoms with van der Waals surface area (Å²) < 4.78 is 0. The summed E-state index contributed by atoms with van der Waals surface area (Å²) in [6.45, 7) is 2.01. The van der Waals surface area contributed by atoms with Gasteiger partial charge in [0.05, 0.1) is 5.25 Å². The lowest BCUT2D eigenvalue weighted by molar-refractivity contribution is -0.117. The van der Waals surface area contributed by atoms with Crippen LogP contribution in [0.3, 0.4) is 0 Å². The second-order valence-electron chi connectivity index (χ2n) is 2.20. The third-order valence-corrected chi connectivity index (χ3v) is 2.52. The second-order valence-corrected chi connectivity index (χ2v) is 3.27. The summed E-state index contributed by atoms with van der Waals surface area (Å²) in [4.78, 5) is 10.5. The van der Waals surface area contributed by atoms with Crippen LogP contribution in [0.5, 0.6) is 0 Å². The summed E-state index contributed by atoms with van der Waals surface area (Å²) in [5.74, 6) is -0.201. The SMILES string of the molecule is CC1=CSC(C(N)=O)C1. The molecule has 50 valence electrons. The fourth-order valence-corrected chi connectivity index (χ4v) is 1.74. The summed E-state index contributed by atoms with van der Waals surface area (Å²) in [6.07, 6.45) is 0.833. The summed E-state index contributed by atoms with van der Waals surface area (Å²) >= 11 is 1.52. The lowest BCUT2D eigenvalue weighted by atomic mass is 10.2. The summed E-state index contributed by atoms with van der Waals surface area (Å²) in [5.41, 5.74) is 6.32. The van der Waals surface area contributed by atoms with Crippen molar-refractivity contribution in [3.63, 3.8) is 0 Å². The largest absolute Gasteiger partial charge is 0.369 e. The van der Waals surface area contributed by atoms with Gasteiger partial charge in [0, 0.05) is 0 Å². The number of amides is 1. The van der Waals surface area contributed by atoms with Crippen molar-refractivity contribution in [1.29, 1.82) is 0 Å². The minimum atomic E-state index is -0.201. The molecule has 1 aliphatic heterocycles. The number of rotatable bonds is 1. The minimum absolute atomic E-state index is 0.00463. The number of nitrogens with two attached hydrogens (primary N) is 1. The minimum Gasteiger partial charge on any atom is -0.369 e. The van der Waals surface area contributed by atoms with Crippen LogP contribution in [-0.2, 0) is 4.79 Å².